The first-order chi connectivity index (χ1) is 13.8. The van der Waals surface area contributed by atoms with Crippen LogP contribution < -0.4 is 9.62 Å². The third kappa shape index (κ3) is 3.74. The number of carbonyl (C=O) groups is 1. The van der Waals surface area contributed by atoms with E-state index < -0.39 is 15.9 Å². The van der Waals surface area contributed by atoms with Gasteiger partial charge in [-0.25, -0.2) is 8.42 Å². The van der Waals surface area contributed by atoms with Gasteiger partial charge in [0, 0.05) is 25.4 Å². The Hall–Kier alpha value is -2.10. The molecule has 1 N–H and O–H groups in total. The van der Waals surface area contributed by atoms with Gasteiger partial charge < -0.3 is 5.32 Å². The van der Waals surface area contributed by atoms with Gasteiger partial charge in [0.05, 0.1) is 10.6 Å². The average Bonchev–Trinajstić information content (AvgIpc) is 2.68. The first kappa shape index (κ1) is 20.2. The smallest absolute Gasteiger partial charge is 0.265 e. The van der Waals surface area contributed by atoms with Crippen molar-refractivity contribution < 1.29 is 13.2 Å². The average molecular weight is 539 g/mol. The molecule has 0 atom stereocenters. The molecule has 3 aromatic rings. The number of hydrogen-bond donors (Lipinski definition) is 1. The van der Waals surface area contributed by atoms with E-state index in [1.807, 2.05) is 25.1 Å². The fourth-order valence-electron chi connectivity index (χ4n) is 3.36. The van der Waals surface area contributed by atoms with Crippen LogP contribution in [0, 0.1) is 10.5 Å². The van der Waals surface area contributed by atoms with Crippen LogP contribution in [0.1, 0.15) is 5.56 Å². The number of benzene rings is 3. The molecular weight excluding hydrogens is 523 g/mol. The lowest BCUT2D eigenvalue weighted by Gasteiger charge is -2.31. The van der Waals surface area contributed by atoms with Crippen LogP contribution in [0.2, 0.25) is 5.02 Å². The van der Waals surface area contributed by atoms with Gasteiger partial charge in [-0.3, -0.25) is 9.10 Å². The predicted octanol–water partition coefficient (Wildman–Crippen LogP) is 5.07. The molecule has 5 nitrogen and oxygen atoms in total. The number of carbonyl (C=O) groups excluding carboxylic acids is 1. The maximum atomic E-state index is 13.3. The van der Waals surface area contributed by atoms with Crippen LogP contribution in [0.15, 0.2) is 65.6 Å². The van der Waals surface area contributed by atoms with Crippen molar-refractivity contribution in [3.63, 3.8) is 0 Å². The summed E-state index contributed by atoms with van der Waals surface area (Å²) in [6, 6.07) is 17.3. The zero-order valence-electron chi connectivity index (χ0n) is 15.3. The van der Waals surface area contributed by atoms with E-state index in [0.717, 1.165) is 13.4 Å². The number of sulfonamides is 1. The number of fused-ring (bicyclic) bond motifs is 3. The van der Waals surface area contributed by atoms with E-state index >= 15 is 0 Å². The minimum atomic E-state index is -3.89. The van der Waals surface area contributed by atoms with Gasteiger partial charge in [-0.05, 0) is 77.5 Å². The highest BCUT2D eigenvalue weighted by molar-refractivity contribution is 14.1. The number of aryl methyl sites for hydroxylation is 1. The quantitative estimate of drug-likeness (QED) is 0.474. The van der Waals surface area contributed by atoms with Gasteiger partial charge in [-0.1, -0.05) is 29.8 Å². The summed E-state index contributed by atoms with van der Waals surface area (Å²) < 4.78 is 28.7. The van der Waals surface area contributed by atoms with E-state index in [9.17, 15) is 13.2 Å². The molecule has 148 valence electrons. The molecule has 0 radical (unpaired) electrons. The Labute approximate surface area is 187 Å². The lowest BCUT2D eigenvalue weighted by atomic mass is 10.0. The first-order valence-corrected chi connectivity index (χ1v) is 11.6. The molecule has 0 fully saturated rings. The highest BCUT2D eigenvalue weighted by Gasteiger charge is 2.36. The van der Waals surface area contributed by atoms with E-state index in [2.05, 4.69) is 27.9 Å². The fourth-order valence-corrected chi connectivity index (χ4v) is 5.83. The Balaban J connectivity index is 1.73. The van der Waals surface area contributed by atoms with Crippen molar-refractivity contribution in [1.29, 1.82) is 0 Å². The summed E-state index contributed by atoms with van der Waals surface area (Å²) >= 11 is 8.35. The molecule has 1 heterocycles. The van der Waals surface area contributed by atoms with E-state index in [0.29, 0.717) is 27.5 Å². The molecule has 3 aromatic carbocycles. The topological polar surface area (TPSA) is 66.5 Å². The number of halogens is 2. The van der Waals surface area contributed by atoms with Gasteiger partial charge in [0.1, 0.15) is 6.54 Å². The molecule has 1 aliphatic heterocycles. The molecule has 0 spiro atoms. The van der Waals surface area contributed by atoms with E-state index in [4.69, 9.17) is 11.6 Å². The van der Waals surface area contributed by atoms with Crippen LogP contribution in [0.3, 0.4) is 0 Å². The highest BCUT2D eigenvalue weighted by atomic mass is 127. The van der Waals surface area contributed by atoms with Crippen LogP contribution in [0.4, 0.5) is 11.4 Å². The van der Waals surface area contributed by atoms with Crippen molar-refractivity contribution in [2.24, 2.45) is 0 Å². The van der Waals surface area contributed by atoms with Crippen LogP contribution in [-0.4, -0.2) is 20.9 Å². The van der Waals surface area contributed by atoms with Gasteiger partial charge in [0.25, 0.3) is 10.0 Å². The van der Waals surface area contributed by atoms with Crippen LogP contribution in [0.5, 0.6) is 0 Å². The molecule has 0 unspecified atom stereocenters. The second-order valence-corrected chi connectivity index (χ2v) is 10.2. The van der Waals surface area contributed by atoms with Crippen LogP contribution in [-0.2, 0) is 14.8 Å². The molecule has 8 heteroatoms. The molecule has 0 saturated heterocycles. The van der Waals surface area contributed by atoms with Crippen molar-refractivity contribution in [2.75, 3.05) is 16.2 Å². The molecule has 1 aliphatic rings. The SMILES string of the molecule is Cc1cc(I)ccc1NC(=O)CN1c2ccc(Cl)cc2-c2ccccc2S1(=O)=O. The van der Waals surface area contributed by atoms with Crippen molar-refractivity contribution in [3.05, 3.63) is 74.8 Å². The second-order valence-electron chi connectivity index (χ2n) is 6.68. The molecule has 29 heavy (non-hydrogen) atoms. The van der Waals surface area contributed by atoms with Gasteiger partial charge in [0.15, 0.2) is 0 Å². The predicted molar refractivity (Wildman–Crippen MR) is 124 cm³/mol. The standard InChI is InChI=1S/C21H16ClIN2O3S/c1-13-10-15(23)7-8-18(13)24-21(26)12-25-19-9-6-14(22)11-17(19)16-4-2-3-5-20(16)29(25,27)28/h2-11H,12H2,1H3,(H,24,26). The highest BCUT2D eigenvalue weighted by Crippen LogP contribution is 2.43. The van der Waals surface area contributed by atoms with E-state index in [1.54, 1.807) is 42.5 Å². The van der Waals surface area contributed by atoms with Crippen molar-refractivity contribution in [1.82, 2.24) is 0 Å². The molecule has 0 saturated carbocycles. The van der Waals surface area contributed by atoms with E-state index in [-0.39, 0.29) is 11.4 Å². The Kier molecular flexibility index (Phi) is 5.30. The Bertz CT molecular complexity index is 1240. The van der Waals surface area contributed by atoms with Crippen LogP contribution >= 0.6 is 34.2 Å². The maximum absolute atomic E-state index is 13.3. The summed E-state index contributed by atoms with van der Waals surface area (Å²) in [6.07, 6.45) is 0. The maximum Gasteiger partial charge on any atom is 0.265 e. The number of amides is 1. The van der Waals surface area contributed by atoms with Crippen molar-refractivity contribution in [3.8, 4) is 11.1 Å². The van der Waals surface area contributed by atoms with Gasteiger partial charge in [-0.2, -0.15) is 0 Å². The summed E-state index contributed by atoms with van der Waals surface area (Å²) in [5, 5.41) is 3.31. The Morgan fingerprint density at radius 2 is 1.83 bits per heavy atom. The van der Waals surface area contributed by atoms with Crippen LogP contribution in [0.25, 0.3) is 11.1 Å². The molecule has 0 aromatic heterocycles. The minimum absolute atomic E-state index is 0.160. The summed E-state index contributed by atoms with van der Waals surface area (Å²) in [4.78, 5) is 12.9. The number of anilines is 2. The first-order valence-electron chi connectivity index (χ1n) is 8.75. The molecule has 1 amide bonds. The summed E-state index contributed by atoms with van der Waals surface area (Å²) in [7, 11) is -3.89. The Morgan fingerprint density at radius 3 is 2.59 bits per heavy atom. The molecular formula is C21H16ClIN2O3S. The van der Waals surface area contributed by atoms with Gasteiger partial charge in [0.2, 0.25) is 5.91 Å². The lowest BCUT2D eigenvalue weighted by molar-refractivity contribution is -0.114. The molecule has 4 rings (SSSR count). The number of nitrogens with zero attached hydrogens (tertiary/aromatic N) is 1. The molecule has 0 bridgehead atoms. The monoisotopic (exact) mass is 538 g/mol. The van der Waals surface area contributed by atoms with Crippen molar-refractivity contribution in [2.45, 2.75) is 11.8 Å². The number of hydrogen-bond acceptors (Lipinski definition) is 3. The van der Waals surface area contributed by atoms with Gasteiger partial charge in [-0.15, -0.1) is 0 Å². The normalized spacial score (nSPS) is 14.1. The summed E-state index contributed by atoms with van der Waals surface area (Å²) in [5.74, 6) is -0.418. The molecule has 0 aliphatic carbocycles. The van der Waals surface area contributed by atoms with Crippen molar-refractivity contribution >= 4 is 61.5 Å². The zero-order valence-corrected chi connectivity index (χ0v) is 19.0. The number of nitrogens with one attached hydrogen (secondary N) is 1. The lowest BCUT2D eigenvalue weighted by Crippen LogP contribution is -2.40. The largest absolute Gasteiger partial charge is 0.324 e. The Morgan fingerprint density at radius 1 is 1.07 bits per heavy atom. The third-order valence-electron chi connectivity index (χ3n) is 4.72. The third-order valence-corrected chi connectivity index (χ3v) is 7.45. The summed E-state index contributed by atoms with van der Waals surface area (Å²) in [6.45, 7) is 1.56. The minimum Gasteiger partial charge on any atom is -0.324 e. The van der Waals surface area contributed by atoms with E-state index in [1.165, 1.54) is 0 Å². The fraction of sp³-hybridized carbons (Fsp3) is 0.0952. The van der Waals surface area contributed by atoms with Gasteiger partial charge >= 0.3 is 0 Å². The number of rotatable bonds is 3. The summed E-state index contributed by atoms with van der Waals surface area (Å²) in [5.41, 5.74) is 3.25. The second kappa shape index (κ2) is 7.62. The zero-order chi connectivity index (χ0) is 20.8.